The van der Waals surface area contributed by atoms with Gasteiger partial charge in [-0.2, -0.15) is 0 Å². The van der Waals surface area contributed by atoms with Crippen LogP contribution >= 0.6 is 0 Å². The van der Waals surface area contributed by atoms with Crippen LogP contribution in [-0.4, -0.2) is 108 Å². The predicted octanol–water partition coefficient (Wildman–Crippen LogP) is 6.87. The molecule has 0 spiro atoms. The fourth-order valence-corrected chi connectivity index (χ4v) is 8.73. The average molecular weight is 836 g/mol. The van der Waals surface area contributed by atoms with Gasteiger partial charge in [0.1, 0.15) is 23.1 Å². The van der Waals surface area contributed by atoms with E-state index in [1.165, 1.54) is 0 Å². The SMILES string of the molecule is C=CCO[C@@]12Oc3ccc(OC(=O)NCc4ccccc4)cc3[C@H]3[C@H](CCCCO)[C@@H](CCCCO)C=C(C(=NOC(C)(C)C)C[C@@H]1N(CCOCCO)C(=O)OCC)[C@H]32. The van der Waals surface area contributed by atoms with Crippen LogP contribution < -0.4 is 14.8 Å². The van der Waals surface area contributed by atoms with E-state index in [0.717, 1.165) is 42.4 Å². The van der Waals surface area contributed by atoms with Gasteiger partial charge in [-0.15, -0.1) is 6.58 Å². The Bertz CT molecular complexity index is 1760. The van der Waals surface area contributed by atoms with Gasteiger partial charge in [-0.25, -0.2) is 9.59 Å². The Balaban J connectivity index is 1.72. The molecule has 3 aliphatic rings. The maximum absolute atomic E-state index is 14.1. The zero-order valence-corrected chi connectivity index (χ0v) is 35.7. The Kier molecular flexibility index (Phi) is 17.4. The molecule has 14 nitrogen and oxygen atoms in total. The van der Waals surface area contributed by atoms with Gasteiger partial charge < -0.3 is 49.2 Å². The first kappa shape index (κ1) is 46.6. The highest BCUT2D eigenvalue weighted by molar-refractivity contribution is 6.03. The molecule has 60 heavy (non-hydrogen) atoms. The Morgan fingerprint density at radius 1 is 1.02 bits per heavy atom. The van der Waals surface area contributed by atoms with E-state index in [1.54, 1.807) is 30.0 Å². The summed E-state index contributed by atoms with van der Waals surface area (Å²) >= 11 is 0. The molecule has 0 unspecified atom stereocenters. The summed E-state index contributed by atoms with van der Waals surface area (Å²) < 4.78 is 31.5. The molecular weight excluding hydrogens is 771 g/mol. The molecule has 1 saturated carbocycles. The van der Waals surface area contributed by atoms with Gasteiger partial charge in [-0.05, 0) is 94.5 Å². The Labute approximate surface area is 354 Å². The topological polar surface area (TPSA) is 178 Å². The lowest BCUT2D eigenvalue weighted by Gasteiger charge is -2.59. The Morgan fingerprint density at radius 3 is 2.45 bits per heavy atom. The average Bonchev–Trinajstić information content (AvgIpc) is 3.23. The van der Waals surface area contributed by atoms with Crippen LogP contribution in [0.2, 0.25) is 0 Å². The summed E-state index contributed by atoms with van der Waals surface area (Å²) in [6.45, 7) is 12.2. The number of hydrogen-bond donors (Lipinski definition) is 4. The lowest BCUT2D eigenvalue weighted by Crippen LogP contribution is -2.70. The molecule has 0 saturated heterocycles. The van der Waals surface area contributed by atoms with Crippen molar-refractivity contribution in [3.05, 3.63) is 84.0 Å². The highest BCUT2D eigenvalue weighted by Gasteiger charge is 2.65. The van der Waals surface area contributed by atoms with Crippen LogP contribution in [0.1, 0.15) is 89.7 Å². The van der Waals surface area contributed by atoms with Gasteiger partial charge in [0.25, 0.3) is 0 Å². The molecular formula is C46H65N3O11. The number of oxime groups is 1. The highest BCUT2D eigenvalue weighted by atomic mass is 16.7. The number of ether oxygens (including phenoxy) is 5. The third-order valence-electron chi connectivity index (χ3n) is 11.2. The molecule has 2 aromatic rings. The Hall–Kier alpha value is -4.47. The smallest absolute Gasteiger partial charge is 0.412 e. The number of aliphatic hydroxyl groups is 3. The first-order chi connectivity index (χ1) is 29.0. The van der Waals surface area contributed by atoms with E-state index in [0.29, 0.717) is 36.6 Å². The normalized spacial score (nSPS) is 23.7. The van der Waals surface area contributed by atoms with Crippen LogP contribution in [0.25, 0.3) is 0 Å². The largest absolute Gasteiger partial charge is 0.459 e. The van der Waals surface area contributed by atoms with Crippen LogP contribution in [0.3, 0.4) is 0 Å². The quantitative estimate of drug-likeness (QED) is 0.0553. The van der Waals surface area contributed by atoms with Gasteiger partial charge in [0.15, 0.2) is 0 Å². The number of benzene rings is 2. The van der Waals surface area contributed by atoms with E-state index in [-0.39, 0.29) is 77.0 Å². The van der Waals surface area contributed by atoms with Gasteiger partial charge >= 0.3 is 12.2 Å². The van der Waals surface area contributed by atoms with E-state index >= 15 is 0 Å². The number of allylic oxidation sites excluding steroid dienone is 1. The fourth-order valence-electron chi connectivity index (χ4n) is 8.73. The number of amides is 2. The van der Waals surface area contributed by atoms with Crippen molar-refractivity contribution >= 4 is 17.9 Å². The fraction of sp³-hybridized carbons (Fsp3) is 0.587. The zero-order valence-electron chi connectivity index (χ0n) is 35.7. The van der Waals surface area contributed by atoms with Crippen molar-refractivity contribution in [2.24, 2.45) is 22.9 Å². The molecule has 0 bridgehead atoms. The number of carbonyl (C=O) groups excluding carboxylic acids is 2. The van der Waals surface area contributed by atoms with E-state index in [1.807, 2.05) is 57.2 Å². The number of hydrogen-bond acceptors (Lipinski definition) is 12. The minimum atomic E-state index is -1.51. The number of nitrogens with zero attached hydrogens (tertiary/aromatic N) is 2. The van der Waals surface area contributed by atoms with Crippen LogP contribution in [0, 0.1) is 17.8 Å². The number of nitrogens with one attached hydrogen (secondary N) is 1. The van der Waals surface area contributed by atoms with Crippen LogP contribution in [0.5, 0.6) is 11.5 Å². The summed E-state index contributed by atoms with van der Waals surface area (Å²) in [5.41, 5.74) is 2.60. The standard InChI is InChI=1S/C46H65N3O11/c1-6-25-57-46-40(49(44(54)56-7-2)21-26-55-27-24-52)30-38(48-60-45(3,4)5)36-28-33(17-11-13-22-50)35(18-12-14-23-51)41(42(36)46)37-29-34(19-20-39(37)59-46)58-43(53)47-31-32-15-9-8-10-16-32/h6,8-10,15-16,19-20,28-29,33,35,40-42,50-52H,1,7,11-14,17-18,21-27,30-31H2,2-5H3,(H,47,53)/t33-,35+,40-,41+,42+,46+/m0/s1. The van der Waals surface area contributed by atoms with Crippen LogP contribution in [0.4, 0.5) is 9.59 Å². The van der Waals surface area contributed by atoms with Gasteiger partial charge in [-0.1, -0.05) is 60.5 Å². The Morgan fingerprint density at radius 2 is 1.77 bits per heavy atom. The minimum Gasteiger partial charge on any atom is -0.459 e. The van der Waals surface area contributed by atoms with Crippen LogP contribution in [0.15, 0.2) is 78.0 Å². The molecule has 0 aromatic heterocycles. The van der Waals surface area contributed by atoms with Gasteiger partial charge in [0.2, 0.25) is 5.79 Å². The lowest BCUT2D eigenvalue weighted by atomic mass is 9.55. The first-order valence-electron chi connectivity index (χ1n) is 21.4. The summed E-state index contributed by atoms with van der Waals surface area (Å²) in [7, 11) is 0. The molecule has 2 aliphatic carbocycles. The third kappa shape index (κ3) is 11.7. The molecule has 0 radical (unpaired) electrons. The lowest BCUT2D eigenvalue weighted by molar-refractivity contribution is -0.256. The third-order valence-corrected chi connectivity index (χ3v) is 11.2. The summed E-state index contributed by atoms with van der Waals surface area (Å²) in [6, 6.07) is 14.1. The number of aliphatic hydroxyl groups excluding tert-OH is 3. The van der Waals surface area contributed by atoms with Crippen molar-refractivity contribution in [3.8, 4) is 11.5 Å². The van der Waals surface area contributed by atoms with Crippen molar-refractivity contribution in [2.75, 3.05) is 52.8 Å². The highest BCUT2D eigenvalue weighted by Crippen LogP contribution is 2.62. The summed E-state index contributed by atoms with van der Waals surface area (Å²) in [4.78, 5) is 35.1. The molecule has 4 N–H and O–H groups in total. The molecule has 5 rings (SSSR count). The van der Waals surface area contributed by atoms with E-state index in [4.69, 9.17) is 33.7 Å². The van der Waals surface area contributed by atoms with E-state index < -0.39 is 35.5 Å². The molecule has 2 aromatic carbocycles. The second-order valence-corrected chi connectivity index (χ2v) is 16.4. The molecule has 14 heteroatoms. The number of rotatable bonds is 22. The van der Waals surface area contributed by atoms with Crippen molar-refractivity contribution in [3.63, 3.8) is 0 Å². The van der Waals surface area contributed by atoms with E-state index in [2.05, 4.69) is 18.0 Å². The minimum absolute atomic E-state index is 0.0118. The van der Waals surface area contributed by atoms with Crippen LogP contribution in [-0.2, 0) is 25.6 Å². The molecule has 1 heterocycles. The first-order valence-corrected chi connectivity index (χ1v) is 21.4. The molecule has 1 fully saturated rings. The molecule has 2 amide bonds. The number of carbonyl (C=O) groups is 2. The number of unbranched alkanes of at least 4 members (excludes halogenated alkanes) is 2. The molecule has 1 aliphatic heterocycles. The molecule has 6 atom stereocenters. The van der Waals surface area contributed by atoms with Gasteiger partial charge in [0.05, 0.1) is 44.7 Å². The summed E-state index contributed by atoms with van der Waals surface area (Å²) in [6.07, 6.45) is 7.19. The van der Waals surface area contributed by atoms with E-state index in [9.17, 15) is 24.9 Å². The predicted molar refractivity (Wildman–Crippen MR) is 227 cm³/mol. The second kappa shape index (κ2) is 22.4. The maximum atomic E-state index is 14.1. The maximum Gasteiger partial charge on any atom is 0.412 e. The van der Waals surface area contributed by atoms with Crippen molar-refractivity contribution in [1.82, 2.24) is 10.2 Å². The molecule has 330 valence electrons. The van der Waals surface area contributed by atoms with Crippen molar-refractivity contribution < 1.29 is 53.4 Å². The van der Waals surface area contributed by atoms with Crippen molar-refractivity contribution in [2.45, 2.75) is 103 Å². The van der Waals surface area contributed by atoms with Gasteiger partial charge in [0, 0.05) is 44.2 Å². The second-order valence-electron chi connectivity index (χ2n) is 16.4. The summed E-state index contributed by atoms with van der Waals surface area (Å²) in [5, 5.41) is 36.9. The van der Waals surface area contributed by atoms with Crippen molar-refractivity contribution in [1.29, 1.82) is 0 Å². The monoisotopic (exact) mass is 835 g/mol. The van der Waals surface area contributed by atoms with Gasteiger partial charge in [-0.3, -0.25) is 4.90 Å². The zero-order chi connectivity index (χ0) is 43.1. The summed E-state index contributed by atoms with van der Waals surface area (Å²) in [5.74, 6) is -1.59. The number of fused-ring (bicyclic) bond motifs is 2.